The predicted molar refractivity (Wildman–Crippen MR) is 74.1 cm³/mol. The van der Waals surface area contributed by atoms with Crippen molar-refractivity contribution in [3.63, 3.8) is 0 Å². The SMILES string of the molecule is CC1CCCC(CNCc2cc(C(=O)O)cs2)C1. The molecule has 1 aromatic rings. The quantitative estimate of drug-likeness (QED) is 0.860. The molecule has 2 atom stereocenters. The van der Waals surface area contributed by atoms with Gasteiger partial charge in [-0.25, -0.2) is 4.79 Å². The van der Waals surface area contributed by atoms with Gasteiger partial charge < -0.3 is 10.4 Å². The molecule has 0 spiro atoms. The molecule has 3 nitrogen and oxygen atoms in total. The lowest BCUT2D eigenvalue weighted by Gasteiger charge is -2.26. The summed E-state index contributed by atoms with van der Waals surface area (Å²) in [5, 5.41) is 14.0. The van der Waals surface area contributed by atoms with E-state index in [1.807, 2.05) is 0 Å². The molecule has 1 saturated carbocycles. The van der Waals surface area contributed by atoms with E-state index < -0.39 is 5.97 Å². The Labute approximate surface area is 112 Å². The largest absolute Gasteiger partial charge is 0.478 e. The molecule has 2 unspecified atom stereocenters. The highest BCUT2D eigenvalue weighted by Gasteiger charge is 2.18. The van der Waals surface area contributed by atoms with Crippen LogP contribution >= 0.6 is 11.3 Å². The van der Waals surface area contributed by atoms with Gasteiger partial charge in [-0.05, 0) is 37.3 Å². The molecule has 0 aromatic carbocycles. The number of thiophene rings is 1. The van der Waals surface area contributed by atoms with Crippen molar-refractivity contribution >= 4 is 17.3 Å². The van der Waals surface area contributed by atoms with Gasteiger partial charge >= 0.3 is 5.97 Å². The first-order valence-corrected chi connectivity index (χ1v) is 7.54. The number of carboxylic acid groups (broad SMARTS) is 1. The minimum atomic E-state index is -0.835. The van der Waals surface area contributed by atoms with Crippen molar-refractivity contribution in [2.75, 3.05) is 6.54 Å². The molecule has 0 radical (unpaired) electrons. The van der Waals surface area contributed by atoms with E-state index in [0.717, 1.165) is 29.8 Å². The molecule has 1 fully saturated rings. The first-order chi connectivity index (χ1) is 8.65. The second-order valence-electron chi connectivity index (χ2n) is 5.38. The van der Waals surface area contributed by atoms with E-state index in [-0.39, 0.29) is 0 Å². The summed E-state index contributed by atoms with van der Waals surface area (Å²) >= 11 is 1.52. The summed E-state index contributed by atoms with van der Waals surface area (Å²) in [6.45, 7) is 4.19. The summed E-state index contributed by atoms with van der Waals surface area (Å²) in [5.41, 5.74) is 0.406. The molecule has 1 aliphatic rings. The molecule has 1 aliphatic carbocycles. The number of carboxylic acids is 1. The summed E-state index contributed by atoms with van der Waals surface area (Å²) in [6, 6.07) is 1.77. The minimum Gasteiger partial charge on any atom is -0.478 e. The van der Waals surface area contributed by atoms with Gasteiger partial charge in [0.15, 0.2) is 0 Å². The van der Waals surface area contributed by atoms with Gasteiger partial charge in [0.2, 0.25) is 0 Å². The van der Waals surface area contributed by atoms with Gasteiger partial charge in [0.25, 0.3) is 0 Å². The summed E-state index contributed by atoms with van der Waals surface area (Å²) in [5.74, 6) is 0.831. The number of aromatic carboxylic acids is 1. The first kappa shape index (κ1) is 13.6. The van der Waals surface area contributed by atoms with Crippen LogP contribution in [0, 0.1) is 11.8 Å². The van der Waals surface area contributed by atoms with Crippen LogP contribution < -0.4 is 5.32 Å². The second kappa shape index (κ2) is 6.34. The Morgan fingerprint density at radius 2 is 2.39 bits per heavy atom. The van der Waals surface area contributed by atoms with Crippen LogP contribution in [0.3, 0.4) is 0 Å². The molecule has 1 heterocycles. The molecule has 4 heteroatoms. The Bertz CT molecular complexity index is 402. The van der Waals surface area contributed by atoms with Crippen molar-refractivity contribution in [3.8, 4) is 0 Å². The Balaban J connectivity index is 1.72. The van der Waals surface area contributed by atoms with E-state index in [1.54, 1.807) is 11.4 Å². The standard InChI is InChI=1S/C14H21NO2S/c1-10-3-2-4-11(5-10)7-15-8-13-6-12(9-18-13)14(16)17/h6,9-11,15H,2-5,7-8H2,1H3,(H,16,17). The number of rotatable bonds is 5. The lowest BCUT2D eigenvalue weighted by Crippen LogP contribution is -2.26. The normalized spacial score (nSPS) is 24.1. The topological polar surface area (TPSA) is 49.3 Å². The zero-order valence-corrected chi connectivity index (χ0v) is 11.6. The molecule has 0 amide bonds. The van der Waals surface area contributed by atoms with Crippen molar-refractivity contribution in [2.45, 2.75) is 39.2 Å². The van der Waals surface area contributed by atoms with Crippen LogP contribution in [0.2, 0.25) is 0 Å². The zero-order chi connectivity index (χ0) is 13.0. The molecular weight excluding hydrogens is 246 g/mol. The Kier molecular flexibility index (Phi) is 4.78. The summed E-state index contributed by atoms with van der Waals surface area (Å²) < 4.78 is 0. The van der Waals surface area contributed by atoms with Gasteiger partial charge in [-0.1, -0.05) is 19.8 Å². The maximum absolute atomic E-state index is 10.8. The lowest BCUT2D eigenvalue weighted by atomic mass is 9.82. The highest BCUT2D eigenvalue weighted by Crippen LogP contribution is 2.28. The fourth-order valence-corrected chi connectivity index (χ4v) is 3.56. The second-order valence-corrected chi connectivity index (χ2v) is 6.37. The van der Waals surface area contributed by atoms with Crippen LogP contribution in [0.5, 0.6) is 0 Å². The van der Waals surface area contributed by atoms with Crippen molar-refractivity contribution < 1.29 is 9.90 Å². The number of carbonyl (C=O) groups is 1. The molecular formula is C14H21NO2S. The van der Waals surface area contributed by atoms with E-state index in [1.165, 1.54) is 37.0 Å². The predicted octanol–water partition coefficient (Wildman–Crippen LogP) is 3.36. The molecule has 18 heavy (non-hydrogen) atoms. The van der Waals surface area contributed by atoms with Gasteiger partial charge in [-0.2, -0.15) is 0 Å². The van der Waals surface area contributed by atoms with Gasteiger partial charge in [-0.3, -0.25) is 0 Å². The molecule has 0 aliphatic heterocycles. The molecule has 2 N–H and O–H groups in total. The van der Waals surface area contributed by atoms with E-state index in [4.69, 9.17) is 5.11 Å². The van der Waals surface area contributed by atoms with Crippen LogP contribution in [0.1, 0.15) is 47.8 Å². The molecule has 2 rings (SSSR count). The monoisotopic (exact) mass is 267 g/mol. The van der Waals surface area contributed by atoms with Crippen LogP contribution in [-0.2, 0) is 6.54 Å². The number of hydrogen-bond donors (Lipinski definition) is 2. The van der Waals surface area contributed by atoms with Crippen molar-refractivity contribution in [2.24, 2.45) is 11.8 Å². The van der Waals surface area contributed by atoms with E-state index in [0.29, 0.717) is 5.56 Å². The molecule has 0 bridgehead atoms. The zero-order valence-electron chi connectivity index (χ0n) is 10.8. The molecule has 1 aromatic heterocycles. The highest BCUT2D eigenvalue weighted by molar-refractivity contribution is 7.10. The maximum atomic E-state index is 10.8. The molecule has 0 saturated heterocycles. The van der Waals surface area contributed by atoms with E-state index in [2.05, 4.69) is 12.2 Å². The summed E-state index contributed by atoms with van der Waals surface area (Å²) in [7, 11) is 0. The van der Waals surface area contributed by atoms with Crippen molar-refractivity contribution in [1.29, 1.82) is 0 Å². The Hall–Kier alpha value is -0.870. The average Bonchev–Trinajstić information content (AvgIpc) is 2.78. The maximum Gasteiger partial charge on any atom is 0.336 e. The van der Waals surface area contributed by atoms with Gasteiger partial charge in [0, 0.05) is 16.8 Å². The van der Waals surface area contributed by atoms with Crippen molar-refractivity contribution in [3.05, 3.63) is 21.9 Å². The van der Waals surface area contributed by atoms with E-state index >= 15 is 0 Å². The van der Waals surface area contributed by atoms with Gasteiger partial charge in [-0.15, -0.1) is 11.3 Å². The number of nitrogens with one attached hydrogen (secondary N) is 1. The van der Waals surface area contributed by atoms with Crippen LogP contribution in [-0.4, -0.2) is 17.6 Å². The third-order valence-corrected chi connectivity index (χ3v) is 4.61. The van der Waals surface area contributed by atoms with Crippen LogP contribution in [0.4, 0.5) is 0 Å². The fourth-order valence-electron chi connectivity index (χ4n) is 2.73. The minimum absolute atomic E-state index is 0.406. The fraction of sp³-hybridized carbons (Fsp3) is 0.643. The van der Waals surface area contributed by atoms with E-state index in [9.17, 15) is 4.79 Å². The van der Waals surface area contributed by atoms with Crippen molar-refractivity contribution in [1.82, 2.24) is 5.32 Å². The average molecular weight is 267 g/mol. The highest BCUT2D eigenvalue weighted by atomic mass is 32.1. The lowest BCUT2D eigenvalue weighted by molar-refractivity contribution is 0.0697. The third kappa shape index (κ3) is 3.82. The van der Waals surface area contributed by atoms with Gasteiger partial charge in [0.05, 0.1) is 5.56 Å². The smallest absolute Gasteiger partial charge is 0.336 e. The molecule has 100 valence electrons. The summed E-state index contributed by atoms with van der Waals surface area (Å²) in [4.78, 5) is 11.9. The first-order valence-electron chi connectivity index (χ1n) is 6.66. The van der Waals surface area contributed by atoms with Crippen LogP contribution in [0.15, 0.2) is 11.4 Å². The Morgan fingerprint density at radius 1 is 1.56 bits per heavy atom. The summed E-state index contributed by atoms with van der Waals surface area (Å²) in [6.07, 6.45) is 5.40. The number of hydrogen-bond acceptors (Lipinski definition) is 3. The Morgan fingerprint density at radius 3 is 3.06 bits per heavy atom. The van der Waals surface area contributed by atoms with Gasteiger partial charge in [0.1, 0.15) is 0 Å². The third-order valence-electron chi connectivity index (χ3n) is 3.68. The van der Waals surface area contributed by atoms with Crippen LogP contribution in [0.25, 0.3) is 0 Å².